The first-order valence-electron chi connectivity index (χ1n) is 6.05. The molecule has 0 unspecified atom stereocenters. The zero-order valence-electron chi connectivity index (χ0n) is 11.5. The van der Waals surface area contributed by atoms with Crippen molar-refractivity contribution in [2.75, 3.05) is 13.6 Å². The summed E-state index contributed by atoms with van der Waals surface area (Å²) in [6.45, 7) is 7.86. The van der Waals surface area contributed by atoms with Gasteiger partial charge >= 0.3 is 5.97 Å². The number of hydrogen-bond donors (Lipinski definition) is 1. The Morgan fingerprint density at radius 2 is 1.94 bits per heavy atom. The van der Waals surface area contributed by atoms with E-state index in [2.05, 4.69) is 37.8 Å². The van der Waals surface area contributed by atoms with Crippen LogP contribution in [-0.2, 0) is 11.3 Å². The molecule has 18 heavy (non-hydrogen) atoms. The molecule has 0 amide bonds. The van der Waals surface area contributed by atoms with Gasteiger partial charge in [-0.05, 0) is 50.1 Å². The zero-order valence-corrected chi connectivity index (χ0v) is 11.5. The van der Waals surface area contributed by atoms with Gasteiger partial charge in [0, 0.05) is 19.2 Å². The Kier molecular flexibility index (Phi) is 5.10. The van der Waals surface area contributed by atoms with Gasteiger partial charge in [-0.1, -0.05) is 18.2 Å². The van der Waals surface area contributed by atoms with Crippen LogP contribution in [0.1, 0.15) is 22.3 Å². The van der Waals surface area contributed by atoms with Gasteiger partial charge in [0.1, 0.15) is 0 Å². The van der Waals surface area contributed by atoms with Crippen LogP contribution in [0, 0.1) is 20.8 Å². The second kappa shape index (κ2) is 6.36. The van der Waals surface area contributed by atoms with Crippen molar-refractivity contribution in [2.45, 2.75) is 27.3 Å². The molecule has 0 aliphatic heterocycles. The number of rotatable bonds is 5. The summed E-state index contributed by atoms with van der Waals surface area (Å²) in [4.78, 5) is 12.5. The minimum Gasteiger partial charge on any atom is -0.478 e. The fourth-order valence-corrected chi connectivity index (χ4v) is 1.87. The predicted octanol–water partition coefficient (Wildman–Crippen LogP) is 2.68. The topological polar surface area (TPSA) is 40.5 Å². The Bertz CT molecular complexity index is 464. The minimum atomic E-state index is -0.897. The van der Waals surface area contributed by atoms with Gasteiger partial charge in [-0.25, -0.2) is 4.79 Å². The van der Waals surface area contributed by atoms with Crippen molar-refractivity contribution in [3.63, 3.8) is 0 Å². The number of aliphatic carboxylic acids is 1. The van der Waals surface area contributed by atoms with Crippen molar-refractivity contribution >= 4 is 5.97 Å². The lowest BCUT2D eigenvalue weighted by atomic mass is 9.98. The molecular weight excluding hydrogens is 226 g/mol. The summed E-state index contributed by atoms with van der Waals surface area (Å²) in [5.74, 6) is -0.897. The van der Waals surface area contributed by atoms with Crippen molar-refractivity contribution in [3.05, 3.63) is 46.5 Å². The maximum atomic E-state index is 10.4. The summed E-state index contributed by atoms with van der Waals surface area (Å²) in [6.07, 6.45) is 2.85. The lowest BCUT2D eigenvalue weighted by Gasteiger charge is -2.18. The highest BCUT2D eigenvalue weighted by Gasteiger charge is 2.05. The van der Waals surface area contributed by atoms with E-state index in [1.807, 2.05) is 7.05 Å². The van der Waals surface area contributed by atoms with Gasteiger partial charge < -0.3 is 5.11 Å². The second-order valence-corrected chi connectivity index (χ2v) is 4.73. The van der Waals surface area contributed by atoms with Crippen molar-refractivity contribution in [2.24, 2.45) is 0 Å². The summed E-state index contributed by atoms with van der Waals surface area (Å²) < 4.78 is 0. The standard InChI is InChI=1S/C15H21NO2/c1-11-7-8-14(13(3)12(11)2)10-16(4)9-5-6-15(17)18/h5-8H,9-10H2,1-4H3,(H,17,18)/b6-5+. The van der Waals surface area contributed by atoms with Gasteiger partial charge in [-0.15, -0.1) is 0 Å². The number of aryl methyl sites for hydroxylation is 1. The fraction of sp³-hybridized carbons (Fsp3) is 0.400. The van der Waals surface area contributed by atoms with Crippen LogP contribution in [0.15, 0.2) is 24.3 Å². The molecule has 0 aliphatic rings. The van der Waals surface area contributed by atoms with Crippen LogP contribution in [-0.4, -0.2) is 29.6 Å². The highest BCUT2D eigenvalue weighted by atomic mass is 16.4. The Hall–Kier alpha value is -1.61. The molecular formula is C15H21NO2. The molecule has 1 rings (SSSR count). The lowest BCUT2D eigenvalue weighted by molar-refractivity contribution is -0.131. The summed E-state index contributed by atoms with van der Waals surface area (Å²) in [6, 6.07) is 4.29. The van der Waals surface area contributed by atoms with E-state index in [0.29, 0.717) is 6.54 Å². The van der Waals surface area contributed by atoms with Crippen molar-refractivity contribution < 1.29 is 9.90 Å². The Morgan fingerprint density at radius 1 is 1.28 bits per heavy atom. The lowest BCUT2D eigenvalue weighted by Crippen LogP contribution is -2.18. The summed E-state index contributed by atoms with van der Waals surface area (Å²) in [5.41, 5.74) is 5.26. The van der Waals surface area contributed by atoms with Crippen LogP contribution in [0.2, 0.25) is 0 Å². The minimum absolute atomic E-state index is 0.638. The highest BCUT2D eigenvalue weighted by molar-refractivity contribution is 5.79. The van der Waals surface area contributed by atoms with Crippen molar-refractivity contribution in [3.8, 4) is 0 Å². The molecule has 0 bridgehead atoms. The second-order valence-electron chi connectivity index (χ2n) is 4.73. The molecule has 0 saturated carbocycles. The van der Waals surface area contributed by atoms with E-state index in [1.165, 1.54) is 28.3 Å². The molecule has 0 heterocycles. The fourth-order valence-electron chi connectivity index (χ4n) is 1.87. The van der Waals surface area contributed by atoms with Crippen LogP contribution in [0.4, 0.5) is 0 Å². The number of carbonyl (C=O) groups is 1. The summed E-state index contributed by atoms with van der Waals surface area (Å²) in [5, 5.41) is 8.52. The number of nitrogens with zero attached hydrogens (tertiary/aromatic N) is 1. The van der Waals surface area contributed by atoms with Crippen molar-refractivity contribution in [1.29, 1.82) is 0 Å². The molecule has 1 aromatic rings. The molecule has 0 aromatic heterocycles. The highest BCUT2D eigenvalue weighted by Crippen LogP contribution is 2.18. The van der Waals surface area contributed by atoms with Crippen LogP contribution in [0.5, 0.6) is 0 Å². The first-order valence-corrected chi connectivity index (χ1v) is 6.05. The van der Waals surface area contributed by atoms with Crippen LogP contribution in [0.25, 0.3) is 0 Å². The predicted molar refractivity (Wildman–Crippen MR) is 73.8 cm³/mol. The molecule has 3 nitrogen and oxygen atoms in total. The van der Waals surface area contributed by atoms with Gasteiger partial charge in [0.05, 0.1) is 0 Å². The van der Waals surface area contributed by atoms with Crippen LogP contribution in [0.3, 0.4) is 0 Å². The Balaban J connectivity index is 2.68. The molecule has 0 radical (unpaired) electrons. The van der Waals surface area contributed by atoms with Gasteiger partial charge in [-0.3, -0.25) is 4.90 Å². The Labute approximate surface area is 109 Å². The van der Waals surface area contributed by atoms with Gasteiger partial charge in [-0.2, -0.15) is 0 Å². The monoisotopic (exact) mass is 247 g/mol. The molecule has 0 spiro atoms. The molecule has 98 valence electrons. The largest absolute Gasteiger partial charge is 0.478 e. The molecule has 0 aliphatic carbocycles. The van der Waals surface area contributed by atoms with E-state index < -0.39 is 5.97 Å². The first kappa shape index (κ1) is 14.5. The van der Waals surface area contributed by atoms with E-state index in [-0.39, 0.29) is 0 Å². The maximum absolute atomic E-state index is 10.4. The summed E-state index contributed by atoms with van der Waals surface area (Å²) in [7, 11) is 1.99. The number of carboxylic acid groups (broad SMARTS) is 1. The molecule has 1 aromatic carbocycles. The quantitative estimate of drug-likeness (QED) is 0.813. The zero-order chi connectivity index (χ0) is 13.7. The average molecular weight is 247 g/mol. The molecule has 3 heteroatoms. The summed E-state index contributed by atoms with van der Waals surface area (Å²) >= 11 is 0. The molecule has 0 atom stereocenters. The number of benzene rings is 1. The maximum Gasteiger partial charge on any atom is 0.328 e. The van der Waals surface area contributed by atoms with E-state index in [9.17, 15) is 4.79 Å². The third-order valence-corrected chi connectivity index (χ3v) is 3.29. The average Bonchev–Trinajstić information content (AvgIpc) is 2.29. The third-order valence-electron chi connectivity index (χ3n) is 3.29. The number of carboxylic acids is 1. The van der Waals surface area contributed by atoms with E-state index in [1.54, 1.807) is 6.08 Å². The normalized spacial score (nSPS) is 11.4. The number of hydrogen-bond acceptors (Lipinski definition) is 2. The molecule has 0 fully saturated rings. The molecule has 1 N–H and O–H groups in total. The smallest absolute Gasteiger partial charge is 0.328 e. The van der Waals surface area contributed by atoms with E-state index >= 15 is 0 Å². The van der Waals surface area contributed by atoms with E-state index in [4.69, 9.17) is 5.11 Å². The SMILES string of the molecule is Cc1ccc(CN(C)C/C=C/C(=O)O)c(C)c1C. The third kappa shape index (κ3) is 4.00. The van der Waals surface area contributed by atoms with E-state index in [0.717, 1.165) is 6.54 Å². The van der Waals surface area contributed by atoms with Crippen LogP contribution < -0.4 is 0 Å². The number of likely N-dealkylation sites (N-methyl/N-ethyl adjacent to an activating group) is 1. The van der Waals surface area contributed by atoms with Gasteiger partial charge in [0.15, 0.2) is 0 Å². The first-order chi connectivity index (χ1) is 8.41. The Morgan fingerprint density at radius 3 is 2.56 bits per heavy atom. The van der Waals surface area contributed by atoms with Gasteiger partial charge in [0.25, 0.3) is 0 Å². The van der Waals surface area contributed by atoms with Crippen molar-refractivity contribution in [1.82, 2.24) is 4.90 Å². The van der Waals surface area contributed by atoms with Gasteiger partial charge in [0.2, 0.25) is 0 Å². The molecule has 0 saturated heterocycles. The van der Waals surface area contributed by atoms with Crippen LogP contribution >= 0.6 is 0 Å².